The van der Waals surface area contributed by atoms with Crippen molar-refractivity contribution in [1.82, 2.24) is 9.88 Å². The Balaban J connectivity index is 2.84. The van der Waals surface area contributed by atoms with E-state index in [1.807, 2.05) is 6.92 Å². The van der Waals surface area contributed by atoms with Crippen molar-refractivity contribution in [3.05, 3.63) is 28.2 Å². The van der Waals surface area contributed by atoms with E-state index in [0.717, 1.165) is 12.8 Å². The van der Waals surface area contributed by atoms with E-state index in [0.29, 0.717) is 6.54 Å². The molecule has 0 spiro atoms. The van der Waals surface area contributed by atoms with E-state index in [9.17, 15) is 14.7 Å². The third-order valence-electron chi connectivity index (χ3n) is 2.30. The van der Waals surface area contributed by atoms with Crippen LogP contribution in [-0.2, 0) is 7.05 Å². The summed E-state index contributed by atoms with van der Waals surface area (Å²) in [5, 5.41) is 12.2. The molecule has 0 aliphatic heterocycles. The maximum Gasteiger partial charge on any atom is 0.293 e. The zero-order chi connectivity index (χ0) is 12.1. The lowest BCUT2D eigenvalue weighted by atomic mass is 10.2. The molecule has 0 aromatic carbocycles. The van der Waals surface area contributed by atoms with Gasteiger partial charge in [-0.1, -0.05) is 13.3 Å². The van der Waals surface area contributed by atoms with Crippen molar-refractivity contribution in [3.8, 4) is 5.75 Å². The molecule has 0 saturated heterocycles. The van der Waals surface area contributed by atoms with Crippen molar-refractivity contribution >= 4 is 5.91 Å². The molecule has 0 fully saturated rings. The van der Waals surface area contributed by atoms with Gasteiger partial charge in [-0.25, -0.2) is 0 Å². The lowest BCUT2D eigenvalue weighted by molar-refractivity contribution is 0.0950. The monoisotopic (exact) mass is 224 g/mol. The number of aromatic nitrogens is 1. The predicted molar refractivity (Wildman–Crippen MR) is 60.6 cm³/mol. The van der Waals surface area contributed by atoms with Gasteiger partial charge in [0.2, 0.25) is 0 Å². The molecule has 0 saturated carbocycles. The lowest BCUT2D eigenvalue weighted by Gasteiger charge is -2.06. The van der Waals surface area contributed by atoms with Gasteiger partial charge in [-0.05, 0) is 12.5 Å². The van der Waals surface area contributed by atoms with E-state index in [-0.39, 0.29) is 5.56 Å². The minimum absolute atomic E-state index is 0.0270. The Hall–Kier alpha value is -1.78. The molecule has 1 amide bonds. The van der Waals surface area contributed by atoms with Gasteiger partial charge in [-0.3, -0.25) is 9.59 Å². The highest BCUT2D eigenvalue weighted by Crippen LogP contribution is 2.09. The summed E-state index contributed by atoms with van der Waals surface area (Å²) in [5.41, 5.74) is -0.539. The van der Waals surface area contributed by atoms with Crippen LogP contribution < -0.4 is 10.9 Å². The van der Waals surface area contributed by atoms with E-state index >= 15 is 0 Å². The number of carbonyl (C=O) groups excluding carboxylic acids is 1. The largest absolute Gasteiger partial charge is 0.502 e. The second-order valence-electron chi connectivity index (χ2n) is 3.60. The molecule has 0 atom stereocenters. The molecule has 1 aromatic heterocycles. The van der Waals surface area contributed by atoms with Crippen LogP contribution in [-0.4, -0.2) is 22.1 Å². The number of aromatic hydroxyl groups is 1. The summed E-state index contributed by atoms with van der Waals surface area (Å²) in [5.74, 6) is -0.914. The van der Waals surface area contributed by atoms with Crippen molar-refractivity contribution in [2.24, 2.45) is 7.05 Å². The second kappa shape index (κ2) is 5.34. The second-order valence-corrected chi connectivity index (χ2v) is 3.60. The topological polar surface area (TPSA) is 71.3 Å². The van der Waals surface area contributed by atoms with Crippen molar-refractivity contribution < 1.29 is 9.90 Å². The van der Waals surface area contributed by atoms with Gasteiger partial charge in [-0.15, -0.1) is 0 Å². The van der Waals surface area contributed by atoms with E-state index in [2.05, 4.69) is 5.32 Å². The summed E-state index contributed by atoms with van der Waals surface area (Å²) in [7, 11) is 1.51. The summed E-state index contributed by atoms with van der Waals surface area (Å²) < 4.78 is 1.22. The number of aryl methyl sites for hydroxylation is 1. The zero-order valence-electron chi connectivity index (χ0n) is 9.49. The minimum atomic E-state index is -0.567. The fourth-order valence-electron chi connectivity index (χ4n) is 1.27. The molecule has 1 heterocycles. The van der Waals surface area contributed by atoms with Gasteiger partial charge < -0.3 is 15.0 Å². The maximum atomic E-state index is 11.6. The zero-order valence-corrected chi connectivity index (χ0v) is 9.49. The predicted octanol–water partition coefficient (Wildman–Crippen LogP) is 0.621. The van der Waals surface area contributed by atoms with Crippen LogP contribution in [0.3, 0.4) is 0 Å². The molecule has 2 N–H and O–H groups in total. The molecule has 1 rings (SSSR count). The van der Waals surface area contributed by atoms with Gasteiger partial charge in [0.05, 0.1) is 5.56 Å². The number of carbonyl (C=O) groups is 1. The van der Waals surface area contributed by atoms with Crippen LogP contribution in [0.25, 0.3) is 0 Å². The summed E-state index contributed by atoms with van der Waals surface area (Å²) >= 11 is 0. The molecule has 0 unspecified atom stereocenters. The minimum Gasteiger partial charge on any atom is -0.502 e. The fraction of sp³-hybridized carbons (Fsp3) is 0.455. The fourth-order valence-corrected chi connectivity index (χ4v) is 1.27. The summed E-state index contributed by atoms with van der Waals surface area (Å²) in [4.78, 5) is 22.9. The van der Waals surface area contributed by atoms with Gasteiger partial charge >= 0.3 is 0 Å². The van der Waals surface area contributed by atoms with Gasteiger partial charge in [-0.2, -0.15) is 0 Å². The first kappa shape index (κ1) is 12.3. The van der Waals surface area contributed by atoms with Crippen LogP contribution >= 0.6 is 0 Å². The number of amides is 1. The van der Waals surface area contributed by atoms with Crippen LogP contribution in [0.5, 0.6) is 5.75 Å². The van der Waals surface area contributed by atoms with Crippen molar-refractivity contribution in [2.75, 3.05) is 6.54 Å². The third-order valence-corrected chi connectivity index (χ3v) is 2.30. The first-order chi connectivity index (χ1) is 7.57. The number of nitrogens with zero attached hydrogens (tertiary/aromatic N) is 1. The molecule has 0 aliphatic rings. The molecule has 0 bridgehead atoms. The normalized spacial score (nSPS) is 10.1. The van der Waals surface area contributed by atoms with Crippen molar-refractivity contribution in [2.45, 2.75) is 19.8 Å². The molecule has 5 heteroatoms. The SMILES string of the molecule is CCCCNC(=O)c1ccn(C)c(=O)c1O. The Morgan fingerprint density at radius 1 is 1.56 bits per heavy atom. The number of nitrogens with one attached hydrogen (secondary N) is 1. The van der Waals surface area contributed by atoms with Crippen LogP contribution in [0.4, 0.5) is 0 Å². The summed E-state index contributed by atoms with van der Waals surface area (Å²) in [6.07, 6.45) is 3.30. The highest BCUT2D eigenvalue weighted by atomic mass is 16.3. The third kappa shape index (κ3) is 2.62. The molecule has 0 aliphatic carbocycles. The highest BCUT2D eigenvalue weighted by molar-refractivity contribution is 5.96. The van der Waals surface area contributed by atoms with Gasteiger partial charge in [0.1, 0.15) is 0 Å². The highest BCUT2D eigenvalue weighted by Gasteiger charge is 2.13. The number of unbranched alkanes of at least 4 members (excludes halogenated alkanes) is 1. The number of pyridine rings is 1. The number of hydrogen-bond acceptors (Lipinski definition) is 3. The Morgan fingerprint density at radius 2 is 2.25 bits per heavy atom. The van der Waals surface area contributed by atoms with Crippen molar-refractivity contribution in [1.29, 1.82) is 0 Å². The van der Waals surface area contributed by atoms with E-state index < -0.39 is 17.2 Å². The quantitative estimate of drug-likeness (QED) is 0.736. The molecule has 0 radical (unpaired) electrons. The van der Waals surface area contributed by atoms with E-state index in [1.165, 1.54) is 23.9 Å². The van der Waals surface area contributed by atoms with Crippen molar-refractivity contribution in [3.63, 3.8) is 0 Å². The Morgan fingerprint density at radius 3 is 2.88 bits per heavy atom. The van der Waals surface area contributed by atoms with E-state index in [4.69, 9.17) is 0 Å². The standard InChI is InChI=1S/C11H16N2O3/c1-3-4-6-12-10(15)8-5-7-13(2)11(16)9(8)14/h5,7,14H,3-4,6H2,1-2H3,(H,12,15). The Labute approximate surface area is 93.7 Å². The van der Waals surface area contributed by atoms with Gasteiger partial charge in [0, 0.05) is 19.8 Å². The maximum absolute atomic E-state index is 11.6. The molecule has 16 heavy (non-hydrogen) atoms. The van der Waals surface area contributed by atoms with E-state index in [1.54, 1.807) is 0 Å². The average molecular weight is 224 g/mol. The van der Waals surface area contributed by atoms with Gasteiger partial charge in [0.25, 0.3) is 11.5 Å². The van der Waals surface area contributed by atoms with Crippen LogP contribution in [0.1, 0.15) is 30.1 Å². The number of hydrogen-bond donors (Lipinski definition) is 2. The first-order valence-electron chi connectivity index (χ1n) is 5.24. The smallest absolute Gasteiger partial charge is 0.293 e. The molecule has 88 valence electrons. The summed E-state index contributed by atoms with van der Waals surface area (Å²) in [6, 6.07) is 1.43. The number of rotatable bonds is 4. The Bertz CT molecular complexity index is 437. The van der Waals surface area contributed by atoms with Crippen LogP contribution in [0.15, 0.2) is 17.1 Å². The molecule has 5 nitrogen and oxygen atoms in total. The molecule has 1 aromatic rings. The van der Waals surface area contributed by atoms with Crippen LogP contribution in [0, 0.1) is 0 Å². The summed E-state index contributed by atoms with van der Waals surface area (Å²) in [6.45, 7) is 2.56. The first-order valence-corrected chi connectivity index (χ1v) is 5.24. The molecular formula is C11H16N2O3. The molecular weight excluding hydrogens is 208 g/mol. The lowest BCUT2D eigenvalue weighted by Crippen LogP contribution is -2.27. The Kier molecular flexibility index (Phi) is 4.10. The van der Waals surface area contributed by atoms with Crippen LogP contribution in [0.2, 0.25) is 0 Å². The average Bonchev–Trinajstić information content (AvgIpc) is 2.26. The van der Waals surface area contributed by atoms with Gasteiger partial charge in [0.15, 0.2) is 5.75 Å².